The quantitative estimate of drug-likeness (QED) is 0.936. The molecule has 0 saturated heterocycles. The molecule has 3 rings (SSSR count). The molecule has 18 heavy (non-hydrogen) atoms. The number of halogens is 2. The molecule has 1 aliphatic rings. The standard InChI is InChI=1S/C12H11ClFN3S/c13-8-2-1-3-9(14)11(8)12-17-16-10(18-12)6-15-7-4-5-7/h1-3,7,15H,4-6H2. The first-order valence-corrected chi connectivity index (χ1v) is 6.93. The Labute approximate surface area is 113 Å². The molecule has 1 aromatic carbocycles. The van der Waals surface area contributed by atoms with Crippen molar-refractivity contribution in [3.63, 3.8) is 0 Å². The molecule has 6 heteroatoms. The average Bonchev–Trinajstić information content (AvgIpc) is 3.06. The first kappa shape index (κ1) is 12.0. The van der Waals surface area contributed by atoms with Crippen LogP contribution in [-0.4, -0.2) is 16.2 Å². The van der Waals surface area contributed by atoms with E-state index in [9.17, 15) is 4.39 Å². The monoisotopic (exact) mass is 283 g/mol. The molecule has 1 aromatic heterocycles. The molecule has 1 heterocycles. The van der Waals surface area contributed by atoms with E-state index in [1.807, 2.05) is 0 Å². The summed E-state index contributed by atoms with van der Waals surface area (Å²) < 4.78 is 13.7. The van der Waals surface area contributed by atoms with Crippen molar-refractivity contribution in [1.29, 1.82) is 0 Å². The average molecular weight is 284 g/mol. The minimum atomic E-state index is -0.361. The summed E-state index contributed by atoms with van der Waals surface area (Å²) in [6.45, 7) is 0.689. The van der Waals surface area contributed by atoms with E-state index in [2.05, 4.69) is 15.5 Å². The zero-order valence-electron chi connectivity index (χ0n) is 9.49. The molecule has 1 aliphatic carbocycles. The van der Waals surface area contributed by atoms with Crippen molar-refractivity contribution in [2.75, 3.05) is 0 Å². The smallest absolute Gasteiger partial charge is 0.152 e. The van der Waals surface area contributed by atoms with E-state index in [1.54, 1.807) is 12.1 Å². The molecule has 0 radical (unpaired) electrons. The Hall–Kier alpha value is -1.04. The minimum Gasteiger partial charge on any atom is -0.308 e. The highest BCUT2D eigenvalue weighted by Gasteiger charge is 2.21. The molecule has 2 aromatic rings. The predicted molar refractivity (Wildman–Crippen MR) is 70.2 cm³/mol. The first-order valence-electron chi connectivity index (χ1n) is 5.74. The van der Waals surface area contributed by atoms with Gasteiger partial charge in [0.05, 0.1) is 10.6 Å². The van der Waals surface area contributed by atoms with E-state index >= 15 is 0 Å². The van der Waals surface area contributed by atoms with Crippen LogP contribution in [0.3, 0.4) is 0 Å². The van der Waals surface area contributed by atoms with Crippen LogP contribution in [0.25, 0.3) is 10.6 Å². The second-order valence-electron chi connectivity index (χ2n) is 4.25. The third kappa shape index (κ3) is 2.53. The van der Waals surface area contributed by atoms with Crippen molar-refractivity contribution >= 4 is 22.9 Å². The summed E-state index contributed by atoms with van der Waals surface area (Å²) in [6, 6.07) is 5.24. The Kier molecular flexibility index (Phi) is 3.28. The highest BCUT2D eigenvalue weighted by molar-refractivity contribution is 7.14. The second-order valence-corrected chi connectivity index (χ2v) is 5.72. The van der Waals surface area contributed by atoms with Gasteiger partial charge in [-0.15, -0.1) is 10.2 Å². The third-order valence-corrected chi connectivity index (χ3v) is 4.02. The second kappa shape index (κ2) is 4.91. The largest absolute Gasteiger partial charge is 0.308 e. The van der Waals surface area contributed by atoms with Gasteiger partial charge in [0.15, 0.2) is 5.01 Å². The van der Waals surface area contributed by atoms with Crippen LogP contribution < -0.4 is 5.32 Å². The molecular formula is C12H11ClFN3S. The molecule has 0 amide bonds. The van der Waals surface area contributed by atoms with E-state index in [0.717, 1.165) is 5.01 Å². The summed E-state index contributed by atoms with van der Waals surface area (Å²) in [5.41, 5.74) is 0.342. The Morgan fingerprint density at radius 1 is 1.39 bits per heavy atom. The van der Waals surface area contributed by atoms with E-state index in [1.165, 1.54) is 30.2 Å². The van der Waals surface area contributed by atoms with Crippen molar-refractivity contribution in [3.8, 4) is 10.6 Å². The topological polar surface area (TPSA) is 37.8 Å². The molecule has 0 spiro atoms. The molecule has 3 nitrogen and oxygen atoms in total. The molecule has 0 atom stereocenters. The van der Waals surface area contributed by atoms with Crippen LogP contribution in [0.1, 0.15) is 17.8 Å². The lowest BCUT2D eigenvalue weighted by atomic mass is 10.2. The lowest BCUT2D eigenvalue weighted by Crippen LogP contribution is -2.14. The van der Waals surface area contributed by atoms with Crippen molar-refractivity contribution in [3.05, 3.63) is 34.0 Å². The Balaban J connectivity index is 1.83. The number of rotatable bonds is 4. The summed E-state index contributed by atoms with van der Waals surface area (Å²) in [5.74, 6) is -0.361. The van der Waals surface area contributed by atoms with E-state index < -0.39 is 0 Å². The highest BCUT2D eigenvalue weighted by atomic mass is 35.5. The molecule has 1 saturated carbocycles. The van der Waals surface area contributed by atoms with Crippen LogP contribution in [0, 0.1) is 5.82 Å². The van der Waals surface area contributed by atoms with Gasteiger partial charge in [0.25, 0.3) is 0 Å². The van der Waals surface area contributed by atoms with E-state index in [-0.39, 0.29) is 5.82 Å². The Bertz CT molecular complexity index is 548. The predicted octanol–water partition coefficient (Wildman–Crippen LogP) is 3.25. The number of benzene rings is 1. The lowest BCUT2D eigenvalue weighted by molar-refractivity contribution is 0.631. The summed E-state index contributed by atoms with van der Waals surface area (Å²) >= 11 is 7.37. The molecule has 1 N–H and O–H groups in total. The maximum Gasteiger partial charge on any atom is 0.152 e. The van der Waals surface area contributed by atoms with Crippen molar-refractivity contribution in [1.82, 2.24) is 15.5 Å². The highest BCUT2D eigenvalue weighted by Crippen LogP contribution is 2.32. The van der Waals surface area contributed by atoms with Crippen LogP contribution in [-0.2, 0) is 6.54 Å². The first-order chi connectivity index (χ1) is 8.74. The van der Waals surface area contributed by atoms with Crippen LogP contribution >= 0.6 is 22.9 Å². The van der Waals surface area contributed by atoms with Gasteiger partial charge in [0.2, 0.25) is 0 Å². The summed E-state index contributed by atoms with van der Waals surface area (Å²) in [4.78, 5) is 0. The molecule has 0 bridgehead atoms. The normalized spacial score (nSPS) is 15.0. The summed E-state index contributed by atoms with van der Waals surface area (Å²) in [7, 11) is 0. The maximum absolute atomic E-state index is 13.7. The number of hydrogen-bond acceptors (Lipinski definition) is 4. The summed E-state index contributed by atoms with van der Waals surface area (Å²) in [5, 5.41) is 13.2. The zero-order chi connectivity index (χ0) is 12.5. The Morgan fingerprint density at radius 2 is 2.22 bits per heavy atom. The number of nitrogens with one attached hydrogen (secondary N) is 1. The van der Waals surface area contributed by atoms with Gasteiger partial charge in [-0.05, 0) is 25.0 Å². The van der Waals surface area contributed by atoms with Gasteiger partial charge in [0.1, 0.15) is 10.8 Å². The molecule has 94 valence electrons. The fourth-order valence-corrected chi connectivity index (χ4v) is 2.81. The minimum absolute atomic E-state index is 0.342. The maximum atomic E-state index is 13.7. The van der Waals surface area contributed by atoms with Crippen molar-refractivity contribution in [2.24, 2.45) is 0 Å². The zero-order valence-corrected chi connectivity index (χ0v) is 11.1. The van der Waals surface area contributed by atoms with Gasteiger partial charge in [-0.3, -0.25) is 0 Å². The van der Waals surface area contributed by atoms with Gasteiger partial charge < -0.3 is 5.32 Å². The van der Waals surface area contributed by atoms with Crippen LogP contribution in [0.4, 0.5) is 4.39 Å². The van der Waals surface area contributed by atoms with Crippen LogP contribution in [0.15, 0.2) is 18.2 Å². The van der Waals surface area contributed by atoms with Gasteiger partial charge >= 0.3 is 0 Å². The fourth-order valence-electron chi connectivity index (χ4n) is 1.65. The Morgan fingerprint density at radius 3 is 2.94 bits per heavy atom. The fraction of sp³-hybridized carbons (Fsp3) is 0.333. The van der Waals surface area contributed by atoms with E-state index in [0.29, 0.717) is 28.2 Å². The van der Waals surface area contributed by atoms with Gasteiger partial charge in [-0.2, -0.15) is 0 Å². The van der Waals surface area contributed by atoms with Crippen molar-refractivity contribution in [2.45, 2.75) is 25.4 Å². The lowest BCUT2D eigenvalue weighted by Gasteiger charge is -2.00. The van der Waals surface area contributed by atoms with Crippen molar-refractivity contribution < 1.29 is 4.39 Å². The SMILES string of the molecule is Fc1cccc(Cl)c1-c1nnc(CNC2CC2)s1. The number of aromatic nitrogens is 2. The molecule has 0 unspecified atom stereocenters. The number of nitrogens with zero attached hydrogens (tertiary/aromatic N) is 2. The third-order valence-electron chi connectivity index (χ3n) is 2.76. The molecule has 0 aliphatic heterocycles. The molecule has 1 fully saturated rings. The summed E-state index contributed by atoms with van der Waals surface area (Å²) in [6.07, 6.45) is 2.45. The van der Waals surface area contributed by atoms with Gasteiger partial charge in [-0.1, -0.05) is 29.0 Å². The van der Waals surface area contributed by atoms with Crippen LogP contribution in [0.5, 0.6) is 0 Å². The van der Waals surface area contributed by atoms with E-state index in [4.69, 9.17) is 11.6 Å². The van der Waals surface area contributed by atoms with Gasteiger partial charge in [0, 0.05) is 12.6 Å². The number of hydrogen-bond donors (Lipinski definition) is 1. The van der Waals surface area contributed by atoms with Gasteiger partial charge in [-0.25, -0.2) is 4.39 Å². The van der Waals surface area contributed by atoms with Crippen LogP contribution in [0.2, 0.25) is 5.02 Å². The molecular weight excluding hydrogens is 273 g/mol.